The van der Waals surface area contributed by atoms with Gasteiger partial charge in [-0.15, -0.1) is 0 Å². The van der Waals surface area contributed by atoms with Crippen molar-refractivity contribution in [3.05, 3.63) is 71.5 Å². The van der Waals surface area contributed by atoms with Crippen LogP contribution < -0.4 is 0 Å². The molecule has 0 bridgehead atoms. The molecule has 45 heavy (non-hydrogen) atoms. The number of oxazole rings is 1. The summed E-state index contributed by atoms with van der Waals surface area (Å²) in [6.07, 6.45) is 13.2. The third kappa shape index (κ3) is 10.6. The average molecular weight is 628 g/mol. The van der Waals surface area contributed by atoms with Gasteiger partial charge in [0.15, 0.2) is 5.89 Å². The van der Waals surface area contributed by atoms with E-state index in [1.54, 1.807) is 26.4 Å². The van der Waals surface area contributed by atoms with Crippen LogP contribution in [0.15, 0.2) is 64.4 Å². The van der Waals surface area contributed by atoms with E-state index in [4.69, 9.17) is 18.6 Å². The molecular weight excluding hydrogens is 578 g/mol. The van der Waals surface area contributed by atoms with Gasteiger partial charge in [0.05, 0.1) is 18.3 Å². The Morgan fingerprint density at radius 2 is 1.98 bits per heavy atom. The molecule has 0 aromatic carbocycles. The zero-order chi connectivity index (χ0) is 33.3. The van der Waals surface area contributed by atoms with E-state index in [1.807, 2.05) is 71.1 Å². The fourth-order valence-electron chi connectivity index (χ4n) is 5.76. The molecule has 0 aliphatic carbocycles. The molecule has 3 heterocycles. The Bertz CT molecular complexity index is 1310. The van der Waals surface area contributed by atoms with E-state index >= 15 is 0 Å². The second-order valence-corrected chi connectivity index (χ2v) is 12.6. The summed E-state index contributed by atoms with van der Waals surface area (Å²) in [6, 6.07) is 0. The molecule has 0 spiro atoms. The Kier molecular flexibility index (Phi) is 13.1. The zero-order valence-electron chi connectivity index (χ0n) is 27.4. The lowest BCUT2D eigenvalue weighted by Gasteiger charge is -2.32. The van der Waals surface area contributed by atoms with Crippen LogP contribution in [0.5, 0.6) is 0 Å². The summed E-state index contributed by atoms with van der Waals surface area (Å²) in [7, 11) is 1.60. The van der Waals surface area contributed by atoms with Crippen molar-refractivity contribution in [2.45, 2.75) is 103 Å². The highest BCUT2D eigenvalue weighted by Crippen LogP contribution is 2.43. The molecule has 2 aliphatic rings. The van der Waals surface area contributed by atoms with Crippen LogP contribution >= 0.6 is 0 Å². The molecule has 1 aromatic heterocycles. The largest absolute Gasteiger partial charge is 0.481 e. The first-order valence-corrected chi connectivity index (χ1v) is 15.5. The van der Waals surface area contributed by atoms with Crippen LogP contribution in [-0.2, 0) is 23.8 Å². The molecule has 0 amide bonds. The summed E-state index contributed by atoms with van der Waals surface area (Å²) in [6.45, 7) is 11.3. The van der Waals surface area contributed by atoms with Crippen LogP contribution in [0.2, 0.25) is 0 Å². The standard InChI is InChI=1S/C35H49NO9/c1-21(16-27-20-43-25(5)36-27)10-8-11-23(3)34(42-7)24(4)29-19-30(38)35(6)31(45-35)15-14-22(2)28(37)17-26(18-32(39)40)12-9-13-33(41)44-29/h8-11,13-16,20,22,24,26,28-31,34,37-38H,12,17-19H2,1-7H3,(H,39,40)/b10-8+,13-9+,15-14+,21-16+,23-11+/t22-,24-,26-,28?,29+,30+,31-,34+,35+/m1/s1. The number of rotatable bonds is 9. The summed E-state index contributed by atoms with van der Waals surface area (Å²) in [5.74, 6) is -1.92. The van der Waals surface area contributed by atoms with Gasteiger partial charge in [0, 0.05) is 44.8 Å². The summed E-state index contributed by atoms with van der Waals surface area (Å²) in [5, 5.41) is 31.4. The van der Waals surface area contributed by atoms with E-state index in [0.717, 1.165) is 16.8 Å². The van der Waals surface area contributed by atoms with Gasteiger partial charge in [-0.05, 0) is 56.8 Å². The van der Waals surface area contributed by atoms with Gasteiger partial charge in [-0.1, -0.05) is 50.3 Å². The smallest absolute Gasteiger partial charge is 0.330 e. The molecule has 248 valence electrons. The highest BCUT2D eigenvalue weighted by atomic mass is 16.6. The molecule has 9 atom stereocenters. The van der Waals surface area contributed by atoms with Gasteiger partial charge in [-0.2, -0.15) is 0 Å². The SMILES string of the molecule is CO[C@@H](/C(C)=C/C=C/C(C)=C/c1coc(C)n1)[C@H](C)[C@@H]1C[C@H](O)[C@]2(C)O[C@@H]2/C=C/[C@@H](C)C(O)C[C@H](CC(=O)O)C/C=C/C(=O)O1. The van der Waals surface area contributed by atoms with Crippen molar-refractivity contribution in [2.75, 3.05) is 7.11 Å². The second kappa shape index (κ2) is 16.3. The molecule has 0 saturated carbocycles. The minimum absolute atomic E-state index is 0.114. The van der Waals surface area contributed by atoms with Crippen molar-refractivity contribution in [1.29, 1.82) is 0 Å². The first-order chi connectivity index (χ1) is 21.2. The lowest BCUT2D eigenvalue weighted by molar-refractivity contribution is -0.150. The number of carboxylic acids is 1. The van der Waals surface area contributed by atoms with E-state index in [1.165, 1.54) is 6.08 Å². The minimum atomic E-state index is -0.967. The first-order valence-electron chi connectivity index (χ1n) is 15.5. The van der Waals surface area contributed by atoms with Crippen molar-refractivity contribution in [3.63, 3.8) is 0 Å². The van der Waals surface area contributed by atoms with Gasteiger partial charge in [0.1, 0.15) is 29.8 Å². The van der Waals surface area contributed by atoms with Gasteiger partial charge in [0.25, 0.3) is 0 Å². The highest BCUT2D eigenvalue weighted by molar-refractivity contribution is 5.82. The van der Waals surface area contributed by atoms with Crippen LogP contribution in [-0.4, -0.2) is 75.5 Å². The third-order valence-corrected chi connectivity index (χ3v) is 8.73. The number of aryl methyl sites for hydroxylation is 1. The Morgan fingerprint density at radius 1 is 1.24 bits per heavy atom. The van der Waals surface area contributed by atoms with Gasteiger partial charge in [-0.25, -0.2) is 9.78 Å². The topological polar surface area (TPSA) is 152 Å². The number of carbonyl (C=O) groups is 2. The quantitative estimate of drug-likeness (QED) is 0.141. The number of epoxide rings is 1. The van der Waals surface area contributed by atoms with Crippen molar-refractivity contribution in [2.24, 2.45) is 17.8 Å². The number of fused-ring (bicyclic) bond motifs is 1. The van der Waals surface area contributed by atoms with Crippen molar-refractivity contribution >= 4 is 18.0 Å². The summed E-state index contributed by atoms with van der Waals surface area (Å²) >= 11 is 0. The molecule has 0 radical (unpaired) electrons. The normalized spacial score (nSPS) is 33.2. The van der Waals surface area contributed by atoms with Crippen LogP contribution in [0.25, 0.3) is 6.08 Å². The maximum absolute atomic E-state index is 13.0. The Morgan fingerprint density at radius 3 is 2.62 bits per heavy atom. The predicted octanol–water partition coefficient (Wildman–Crippen LogP) is 5.35. The lowest BCUT2D eigenvalue weighted by Crippen LogP contribution is -2.41. The second-order valence-electron chi connectivity index (χ2n) is 12.6. The lowest BCUT2D eigenvalue weighted by atomic mass is 9.85. The maximum Gasteiger partial charge on any atom is 0.330 e. The van der Waals surface area contributed by atoms with E-state index in [9.17, 15) is 24.9 Å². The molecule has 1 saturated heterocycles. The van der Waals surface area contributed by atoms with E-state index in [-0.39, 0.29) is 43.1 Å². The Labute approximate surface area is 266 Å². The number of aromatic nitrogens is 1. The first kappa shape index (κ1) is 36.2. The Hall–Kier alpha value is -3.31. The number of allylic oxidation sites excluding steroid dienone is 5. The van der Waals surface area contributed by atoms with Gasteiger partial charge in [-0.3, -0.25) is 4.79 Å². The number of aliphatic hydroxyl groups excluding tert-OH is 2. The zero-order valence-corrected chi connectivity index (χ0v) is 27.4. The minimum Gasteiger partial charge on any atom is -0.481 e. The van der Waals surface area contributed by atoms with Crippen molar-refractivity contribution in [3.8, 4) is 0 Å². The predicted molar refractivity (Wildman–Crippen MR) is 170 cm³/mol. The monoisotopic (exact) mass is 627 g/mol. The molecule has 2 aliphatic heterocycles. The number of methoxy groups -OCH3 is 1. The average Bonchev–Trinajstić information content (AvgIpc) is 3.47. The van der Waals surface area contributed by atoms with Crippen LogP contribution in [0, 0.1) is 24.7 Å². The van der Waals surface area contributed by atoms with Gasteiger partial charge >= 0.3 is 11.9 Å². The molecule has 3 rings (SSSR count). The fraction of sp³-hybridized carbons (Fsp3) is 0.571. The van der Waals surface area contributed by atoms with Crippen LogP contribution in [0.1, 0.15) is 71.9 Å². The number of hydrogen-bond acceptors (Lipinski definition) is 9. The number of carbonyl (C=O) groups excluding carboxylic acids is 1. The number of aliphatic carboxylic acids is 1. The number of aliphatic hydroxyl groups is 2. The maximum atomic E-state index is 13.0. The number of hydrogen-bond donors (Lipinski definition) is 3. The third-order valence-electron chi connectivity index (χ3n) is 8.73. The molecule has 3 N–H and O–H groups in total. The molecule has 1 unspecified atom stereocenters. The molecule has 1 aromatic rings. The summed E-state index contributed by atoms with van der Waals surface area (Å²) < 4.78 is 22.9. The molecule has 10 nitrogen and oxygen atoms in total. The van der Waals surface area contributed by atoms with Gasteiger partial charge in [0.2, 0.25) is 0 Å². The van der Waals surface area contributed by atoms with E-state index < -0.39 is 42.0 Å². The molecular formula is C35H49NO9. The number of cyclic esters (lactones) is 1. The summed E-state index contributed by atoms with van der Waals surface area (Å²) in [4.78, 5) is 28.8. The van der Waals surface area contributed by atoms with Gasteiger partial charge < -0.3 is 33.9 Å². The van der Waals surface area contributed by atoms with Crippen LogP contribution in [0.3, 0.4) is 0 Å². The van der Waals surface area contributed by atoms with E-state index in [2.05, 4.69) is 4.98 Å². The summed E-state index contributed by atoms with van der Waals surface area (Å²) in [5.41, 5.74) is 1.74. The van der Waals surface area contributed by atoms with E-state index in [0.29, 0.717) is 12.3 Å². The number of ether oxygens (including phenoxy) is 3. The molecule has 10 heteroatoms. The number of nitrogens with zero attached hydrogens (tertiary/aromatic N) is 1. The number of carboxylic acid groups (broad SMARTS) is 1. The van der Waals surface area contributed by atoms with Crippen molar-refractivity contribution in [1.82, 2.24) is 4.98 Å². The fourth-order valence-corrected chi connectivity index (χ4v) is 5.76. The molecule has 1 fully saturated rings. The number of esters is 1. The highest BCUT2D eigenvalue weighted by Gasteiger charge is 2.56. The van der Waals surface area contributed by atoms with Crippen LogP contribution in [0.4, 0.5) is 0 Å². The van der Waals surface area contributed by atoms with Crippen molar-refractivity contribution < 1.29 is 43.5 Å². The Balaban J connectivity index is 1.82.